The molecule has 0 amide bonds. The number of cyclic esters (lactones) is 1. The smallest absolute Gasteiger partial charge is 0.363 e. The number of benzene rings is 2. The van der Waals surface area contributed by atoms with E-state index in [2.05, 4.69) is 4.99 Å². The maximum absolute atomic E-state index is 12.1. The summed E-state index contributed by atoms with van der Waals surface area (Å²) in [5.41, 5.74) is 1.42. The van der Waals surface area contributed by atoms with Crippen LogP contribution in [-0.2, 0) is 14.3 Å². The Bertz CT molecular complexity index is 1010. The summed E-state index contributed by atoms with van der Waals surface area (Å²) < 4.78 is 15.7. The highest BCUT2D eigenvalue weighted by Gasteiger charge is 2.24. The third kappa shape index (κ3) is 4.47. The first-order valence-electron chi connectivity index (χ1n) is 8.31. The maximum Gasteiger partial charge on any atom is 0.363 e. The Morgan fingerprint density at radius 2 is 1.89 bits per heavy atom. The van der Waals surface area contributed by atoms with Gasteiger partial charge in [-0.05, 0) is 55.0 Å². The van der Waals surface area contributed by atoms with Crippen molar-refractivity contribution in [1.82, 2.24) is 0 Å². The van der Waals surface area contributed by atoms with Crippen molar-refractivity contribution in [2.75, 3.05) is 7.11 Å². The van der Waals surface area contributed by atoms with Crippen LogP contribution in [0.2, 0.25) is 5.02 Å². The van der Waals surface area contributed by atoms with Gasteiger partial charge in [-0.15, -0.1) is 0 Å². The van der Waals surface area contributed by atoms with Gasteiger partial charge in [0.05, 0.1) is 7.11 Å². The molecule has 0 saturated heterocycles. The molecule has 3 rings (SSSR count). The third-order valence-corrected chi connectivity index (χ3v) is 3.97. The number of allylic oxidation sites excluding steroid dienone is 1. The fourth-order valence-corrected chi connectivity index (χ4v) is 2.55. The first-order chi connectivity index (χ1) is 13.5. The van der Waals surface area contributed by atoms with E-state index < -0.39 is 11.9 Å². The van der Waals surface area contributed by atoms with E-state index in [9.17, 15) is 9.59 Å². The second-order valence-electron chi connectivity index (χ2n) is 5.67. The van der Waals surface area contributed by atoms with E-state index in [1.165, 1.54) is 13.2 Å². The van der Waals surface area contributed by atoms with Crippen molar-refractivity contribution >= 4 is 35.5 Å². The fourth-order valence-electron chi connectivity index (χ4n) is 2.42. The fraction of sp³-hybridized carbons (Fsp3) is 0.0952. The first-order valence-corrected chi connectivity index (χ1v) is 8.69. The molecule has 0 N–H and O–H groups in total. The number of halogens is 1. The van der Waals surface area contributed by atoms with Gasteiger partial charge in [0.15, 0.2) is 17.2 Å². The summed E-state index contributed by atoms with van der Waals surface area (Å²) in [5, 5.41) is 0.576. The highest BCUT2D eigenvalue weighted by Crippen LogP contribution is 2.30. The molecule has 1 aliphatic rings. The minimum Gasteiger partial charge on any atom is -0.493 e. The molecule has 1 heterocycles. The van der Waals surface area contributed by atoms with Crippen LogP contribution in [0.4, 0.5) is 0 Å². The number of ether oxygens (including phenoxy) is 3. The van der Waals surface area contributed by atoms with Gasteiger partial charge in [0.1, 0.15) is 0 Å². The van der Waals surface area contributed by atoms with E-state index in [1.54, 1.807) is 61.5 Å². The van der Waals surface area contributed by atoms with Gasteiger partial charge in [-0.2, -0.15) is 0 Å². The lowest BCUT2D eigenvalue weighted by Gasteiger charge is -2.08. The van der Waals surface area contributed by atoms with Crippen molar-refractivity contribution in [3.63, 3.8) is 0 Å². The van der Waals surface area contributed by atoms with Crippen LogP contribution < -0.4 is 9.47 Å². The SMILES string of the molecule is C/C=C/C(=O)Oc1ccc(/C=C2/N=C(c3ccc(Cl)cc3)OC2=O)cc1OC. The molecule has 6 nitrogen and oxygen atoms in total. The van der Waals surface area contributed by atoms with Crippen molar-refractivity contribution in [2.45, 2.75) is 6.92 Å². The number of methoxy groups -OCH3 is 1. The number of esters is 2. The van der Waals surface area contributed by atoms with Gasteiger partial charge in [0.2, 0.25) is 5.90 Å². The normalized spacial score (nSPS) is 14.9. The van der Waals surface area contributed by atoms with Gasteiger partial charge in [0.25, 0.3) is 0 Å². The van der Waals surface area contributed by atoms with Crippen LogP contribution in [0.5, 0.6) is 11.5 Å². The van der Waals surface area contributed by atoms with Gasteiger partial charge >= 0.3 is 11.9 Å². The molecule has 2 aromatic carbocycles. The summed E-state index contributed by atoms with van der Waals surface area (Å²) in [6.07, 6.45) is 4.44. The Morgan fingerprint density at radius 3 is 2.57 bits per heavy atom. The number of hydrogen-bond donors (Lipinski definition) is 0. The molecule has 0 saturated carbocycles. The van der Waals surface area contributed by atoms with Crippen LogP contribution in [-0.4, -0.2) is 24.9 Å². The zero-order valence-corrected chi connectivity index (χ0v) is 15.9. The highest BCUT2D eigenvalue weighted by atomic mass is 35.5. The van der Waals surface area contributed by atoms with Crippen LogP contribution in [0, 0.1) is 0 Å². The summed E-state index contributed by atoms with van der Waals surface area (Å²) in [6.45, 7) is 1.72. The number of aliphatic imine (C=N–C) groups is 1. The number of hydrogen-bond acceptors (Lipinski definition) is 6. The predicted octanol–water partition coefficient (Wildman–Crippen LogP) is 4.17. The topological polar surface area (TPSA) is 74.2 Å². The lowest BCUT2D eigenvalue weighted by atomic mass is 10.1. The Hall–Kier alpha value is -3.38. The van der Waals surface area contributed by atoms with Crippen LogP contribution in [0.1, 0.15) is 18.1 Å². The molecule has 28 heavy (non-hydrogen) atoms. The number of nitrogens with zero attached hydrogens (tertiary/aromatic N) is 1. The monoisotopic (exact) mass is 397 g/mol. The molecule has 0 unspecified atom stereocenters. The van der Waals surface area contributed by atoms with E-state index >= 15 is 0 Å². The van der Waals surface area contributed by atoms with Gasteiger partial charge in [-0.25, -0.2) is 14.6 Å². The molecule has 0 spiro atoms. The Balaban J connectivity index is 1.87. The third-order valence-electron chi connectivity index (χ3n) is 3.72. The molecule has 1 aliphatic heterocycles. The van der Waals surface area contributed by atoms with Crippen molar-refractivity contribution < 1.29 is 23.8 Å². The van der Waals surface area contributed by atoms with Crippen LogP contribution >= 0.6 is 11.6 Å². The van der Waals surface area contributed by atoms with Crippen molar-refractivity contribution in [1.29, 1.82) is 0 Å². The van der Waals surface area contributed by atoms with E-state index in [0.29, 0.717) is 21.9 Å². The highest BCUT2D eigenvalue weighted by molar-refractivity contribution is 6.30. The Kier molecular flexibility index (Phi) is 5.91. The molecule has 142 valence electrons. The molecule has 0 radical (unpaired) electrons. The first kappa shape index (κ1) is 19.4. The standard InChI is InChI=1S/C21H16ClNO5/c1-3-4-19(24)27-17-10-5-13(12-18(17)26-2)11-16-21(25)28-20(23-16)14-6-8-15(22)9-7-14/h3-12H,1-2H3/b4-3+,16-11+. The van der Waals surface area contributed by atoms with Crippen molar-refractivity contribution in [2.24, 2.45) is 4.99 Å². The van der Waals surface area contributed by atoms with Gasteiger partial charge in [-0.3, -0.25) is 0 Å². The minimum absolute atomic E-state index is 0.144. The molecule has 0 aromatic heterocycles. The molecule has 0 bridgehead atoms. The summed E-state index contributed by atoms with van der Waals surface area (Å²) in [6, 6.07) is 11.7. The predicted molar refractivity (Wildman–Crippen MR) is 106 cm³/mol. The molecular formula is C21H16ClNO5. The lowest BCUT2D eigenvalue weighted by Crippen LogP contribution is -2.05. The molecule has 0 aliphatic carbocycles. The average molecular weight is 398 g/mol. The van der Waals surface area contributed by atoms with Gasteiger partial charge in [0, 0.05) is 16.7 Å². The Labute approximate surface area is 166 Å². The molecule has 2 aromatic rings. The van der Waals surface area contributed by atoms with E-state index in [1.807, 2.05) is 0 Å². The quantitative estimate of drug-likeness (QED) is 0.430. The maximum atomic E-state index is 12.1. The van der Waals surface area contributed by atoms with E-state index in [-0.39, 0.29) is 17.3 Å². The van der Waals surface area contributed by atoms with Crippen LogP contribution in [0.25, 0.3) is 6.08 Å². The van der Waals surface area contributed by atoms with Crippen molar-refractivity contribution in [3.05, 3.63) is 76.5 Å². The van der Waals surface area contributed by atoms with Crippen molar-refractivity contribution in [3.8, 4) is 11.5 Å². The van der Waals surface area contributed by atoms with Crippen LogP contribution in [0.15, 0.2) is 65.3 Å². The summed E-state index contributed by atoms with van der Waals surface area (Å²) >= 11 is 5.87. The minimum atomic E-state index is -0.562. The summed E-state index contributed by atoms with van der Waals surface area (Å²) in [4.78, 5) is 28.0. The molecule has 0 fully saturated rings. The summed E-state index contributed by atoms with van der Waals surface area (Å²) in [7, 11) is 1.46. The van der Waals surface area contributed by atoms with Gasteiger partial charge in [-0.1, -0.05) is 23.7 Å². The number of carbonyl (C=O) groups is 2. The van der Waals surface area contributed by atoms with Gasteiger partial charge < -0.3 is 14.2 Å². The number of carbonyl (C=O) groups excluding carboxylic acids is 2. The molecule has 0 atom stereocenters. The second-order valence-corrected chi connectivity index (χ2v) is 6.11. The average Bonchev–Trinajstić information content (AvgIpc) is 3.04. The molecular weight excluding hydrogens is 382 g/mol. The lowest BCUT2D eigenvalue weighted by molar-refractivity contribution is -0.130. The van der Waals surface area contributed by atoms with Crippen LogP contribution in [0.3, 0.4) is 0 Å². The zero-order valence-electron chi connectivity index (χ0n) is 15.1. The number of rotatable bonds is 5. The van der Waals surface area contributed by atoms with E-state index in [4.69, 9.17) is 25.8 Å². The largest absolute Gasteiger partial charge is 0.493 e. The molecule has 7 heteroatoms. The Morgan fingerprint density at radius 1 is 1.14 bits per heavy atom. The second kappa shape index (κ2) is 8.54. The summed E-state index contributed by atoms with van der Waals surface area (Å²) in [5.74, 6) is -0.250. The van der Waals surface area contributed by atoms with E-state index in [0.717, 1.165) is 0 Å². The zero-order chi connectivity index (χ0) is 20.1.